The van der Waals surface area contributed by atoms with Crippen molar-refractivity contribution in [3.8, 4) is 0 Å². The molecule has 0 aliphatic carbocycles. The first kappa shape index (κ1) is 12.8. The van der Waals surface area contributed by atoms with Crippen LogP contribution in [-0.4, -0.2) is 0 Å². The second kappa shape index (κ2) is 5.78. The van der Waals surface area contributed by atoms with Crippen LogP contribution in [0.5, 0.6) is 0 Å². The predicted molar refractivity (Wildman–Crippen MR) is 64.9 cm³/mol. The summed E-state index contributed by atoms with van der Waals surface area (Å²) in [5, 5.41) is 3.16. The quantitative estimate of drug-likeness (QED) is 0.874. The summed E-state index contributed by atoms with van der Waals surface area (Å²) in [4.78, 5) is 0. The molecule has 0 bridgehead atoms. The summed E-state index contributed by atoms with van der Waals surface area (Å²) >= 11 is 0. The smallest absolute Gasteiger partial charge is 0.127 e. The van der Waals surface area contributed by atoms with Crippen LogP contribution < -0.4 is 5.32 Å². The summed E-state index contributed by atoms with van der Waals surface area (Å²) in [6, 6.07) is 7.13. The summed E-state index contributed by atoms with van der Waals surface area (Å²) in [5.74, 6) is -0.0354. The number of hydrogen-bond acceptors (Lipinski definition) is 2. The normalized spacial score (nSPS) is 12.6. The van der Waals surface area contributed by atoms with Crippen LogP contribution in [0.1, 0.15) is 30.7 Å². The largest absolute Gasteiger partial charge is 0.468 e. The molecule has 1 atom stereocenters. The summed E-state index contributed by atoms with van der Waals surface area (Å²) in [6.07, 6.45) is 2.41. The van der Waals surface area contributed by atoms with Crippen LogP contribution in [0.15, 0.2) is 41.0 Å². The van der Waals surface area contributed by atoms with Gasteiger partial charge in [-0.3, -0.25) is 0 Å². The standard InChI is InChI=1S/C14H15F2NO/c1-2-13(14-4-3-7-18-14)17-9-10-8-11(15)5-6-12(10)16/h3-8,13,17H,2,9H2,1H3. The van der Waals surface area contributed by atoms with Gasteiger partial charge < -0.3 is 9.73 Å². The summed E-state index contributed by atoms with van der Waals surface area (Å²) in [7, 11) is 0. The highest BCUT2D eigenvalue weighted by Gasteiger charge is 2.12. The van der Waals surface area contributed by atoms with Crippen molar-refractivity contribution >= 4 is 0 Å². The Bertz CT molecular complexity index is 497. The lowest BCUT2D eigenvalue weighted by atomic mass is 10.1. The van der Waals surface area contributed by atoms with Gasteiger partial charge in [-0.2, -0.15) is 0 Å². The topological polar surface area (TPSA) is 25.2 Å². The van der Waals surface area contributed by atoms with Gasteiger partial charge in [0.2, 0.25) is 0 Å². The minimum atomic E-state index is -0.431. The maximum absolute atomic E-state index is 13.4. The van der Waals surface area contributed by atoms with Gasteiger partial charge in [-0.15, -0.1) is 0 Å². The van der Waals surface area contributed by atoms with Crippen LogP contribution in [-0.2, 0) is 6.54 Å². The maximum Gasteiger partial charge on any atom is 0.127 e. The fourth-order valence-corrected chi connectivity index (χ4v) is 1.85. The van der Waals surface area contributed by atoms with Gasteiger partial charge in [-0.05, 0) is 36.8 Å². The average Bonchev–Trinajstić information content (AvgIpc) is 2.88. The van der Waals surface area contributed by atoms with Crippen LogP contribution in [0.25, 0.3) is 0 Å². The molecule has 0 saturated carbocycles. The van der Waals surface area contributed by atoms with E-state index in [0.717, 1.165) is 24.3 Å². The van der Waals surface area contributed by atoms with E-state index < -0.39 is 11.6 Å². The van der Waals surface area contributed by atoms with Gasteiger partial charge >= 0.3 is 0 Å². The minimum absolute atomic E-state index is 0.00247. The van der Waals surface area contributed by atoms with Gasteiger partial charge in [0, 0.05) is 12.1 Å². The van der Waals surface area contributed by atoms with E-state index in [-0.39, 0.29) is 12.6 Å². The monoisotopic (exact) mass is 251 g/mol. The molecule has 0 radical (unpaired) electrons. The van der Waals surface area contributed by atoms with Crippen LogP contribution in [0.3, 0.4) is 0 Å². The van der Waals surface area contributed by atoms with Crippen molar-refractivity contribution in [3.63, 3.8) is 0 Å². The first-order valence-corrected chi connectivity index (χ1v) is 5.91. The lowest BCUT2D eigenvalue weighted by Gasteiger charge is -2.14. The van der Waals surface area contributed by atoms with E-state index in [1.54, 1.807) is 6.26 Å². The number of rotatable bonds is 5. The molecule has 0 spiro atoms. The third kappa shape index (κ3) is 2.96. The van der Waals surface area contributed by atoms with E-state index >= 15 is 0 Å². The van der Waals surface area contributed by atoms with Gasteiger partial charge in [-0.1, -0.05) is 6.92 Å². The van der Waals surface area contributed by atoms with Gasteiger partial charge in [0.1, 0.15) is 17.4 Å². The molecular formula is C14H15F2NO. The van der Waals surface area contributed by atoms with Crippen LogP contribution in [0.2, 0.25) is 0 Å². The van der Waals surface area contributed by atoms with Crippen molar-refractivity contribution in [2.45, 2.75) is 25.9 Å². The molecule has 2 aromatic rings. The fourth-order valence-electron chi connectivity index (χ4n) is 1.85. The Hall–Kier alpha value is -1.68. The second-order valence-electron chi connectivity index (χ2n) is 4.09. The van der Waals surface area contributed by atoms with E-state index in [1.807, 2.05) is 19.1 Å². The molecule has 4 heteroatoms. The number of halogens is 2. The predicted octanol–water partition coefficient (Wildman–Crippen LogP) is 3.80. The second-order valence-corrected chi connectivity index (χ2v) is 4.09. The third-order valence-electron chi connectivity index (χ3n) is 2.84. The van der Waals surface area contributed by atoms with E-state index in [2.05, 4.69) is 5.32 Å². The van der Waals surface area contributed by atoms with E-state index in [1.165, 1.54) is 6.07 Å². The summed E-state index contributed by atoms with van der Waals surface area (Å²) < 4.78 is 31.7. The molecule has 0 aliphatic rings. The van der Waals surface area contributed by atoms with Crippen LogP contribution in [0, 0.1) is 11.6 Å². The van der Waals surface area contributed by atoms with Gasteiger partial charge in [-0.25, -0.2) is 8.78 Å². The van der Waals surface area contributed by atoms with Crippen molar-refractivity contribution in [2.75, 3.05) is 0 Å². The van der Waals surface area contributed by atoms with Crippen LogP contribution >= 0.6 is 0 Å². The fraction of sp³-hybridized carbons (Fsp3) is 0.286. The highest BCUT2D eigenvalue weighted by molar-refractivity contribution is 5.19. The highest BCUT2D eigenvalue weighted by Crippen LogP contribution is 2.18. The Kier molecular flexibility index (Phi) is 4.10. The minimum Gasteiger partial charge on any atom is -0.468 e. The van der Waals surface area contributed by atoms with Crippen molar-refractivity contribution in [3.05, 3.63) is 59.6 Å². The Balaban J connectivity index is 2.04. The van der Waals surface area contributed by atoms with Crippen molar-refractivity contribution in [1.82, 2.24) is 5.32 Å². The van der Waals surface area contributed by atoms with E-state index in [4.69, 9.17) is 4.42 Å². The number of furan rings is 1. The maximum atomic E-state index is 13.4. The van der Waals surface area contributed by atoms with Crippen molar-refractivity contribution in [1.29, 1.82) is 0 Å². The molecular weight excluding hydrogens is 236 g/mol. The molecule has 96 valence electrons. The van der Waals surface area contributed by atoms with Gasteiger partial charge in [0.15, 0.2) is 0 Å². The molecule has 0 aliphatic heterocycles. The first-order chi connectivity index (χ1) is 8.70. The average molecular weight is 251 g/mol. The van der Waals surface area contributed by atoms with Gasteiger partial charge in [0.25, 0.3) is 0 Å². The third-order valence-corrected chi connectivity index (χ3v) is 2.84. The Morgan fingerprint density at radius 2 is 2.11 bits per heavy atom. The van der Waals surface area contributed by atoms with Gasteiger partial charge in [0.05, 0.1) is 12.3 Å². The molecule has 18 heavy (non-hydrogen) atoms. The summed E-state index contributed by atoms with van der Waals surface area (Å²) in [5.41, 5.74) is 0.319. The molecule has 2 rings (SSSR count). The molecule has 1 heterocycles. The SMILES string of the molecule is CCC(NCc1cc(F)ccc1F)c1ccco1. The Morgan fingerprint density at radius 3 is 2.78 bits per heavy atom. The number of nitrogens with one attached hydrogen (secondary N) is 1. The van der Waals surface area contributed by atoms with E-state index in [9.17, 15) is 8.78 Å². The molecule has 0 saturated heterocycles. The summed E-state index contributed by atoms with van der Waals surface area (Å²) in [6.45, 7) is 2.27. The number of benzene rings is 1. The Labute approximate surface area is 105 Å². The number of hydrogen-bond donors (Lipinski definition) is 1. The molecule has 1 unspecified atom stereocenters. The lowest BCUT2D eigenvalue weighted by molar-refractivity contribution is 0.400. The zero-order valence-electron chi connectivity index (χ0n) is 10.1. The first-order valence-electron chi connectivity index (χ1n) is 5.91. The molecule has 0 amide bonds. The molecule has 1 aromatic heterocycles. The molecule has 2 nitrogen and oxygen atoms in total. The lowest BCUT2D eigenvalue weighted by Crippen LogP contribution is -2.20. The zero-order valence-corrected chi connectivity index (χ0v) is 10.1. The zero-order chi connectivity index (χ0) is 13.0. The Morgan fingerprint density at radius 1 is 1.28 bits per heavy atom. The van der Waals surface area contributed by atoms with E-state index in [0.29, 0.717) is 5.56 Å². The van der Waals surface area contributed by atoms with Crippen LogP contribution in [0.4, 0.5) is 8.78 Å². The highest BCUT2D eigenvalue weighted by atomic mass is 19.1. The van der Waals surface area contributed by atoms with Crippen molar-refractivity contribution < 1.29 is 13.2 Å². The molecule has 1 aromatic carbocycles. The molecule has 1 N–H and O–H groups in total. The molecule has 0 fully saturated rings. The van der Waals surface area contributed by atoms with Crippen molar-refractivity contribution in [2.24, 2.45) is 0 Å².